The molecule has 13 heavy (non-hydrogen) atoms. The van der Waals surface area contributed by atoms with Gasteiger partial charge >= 0.3 is 5.97 Å². The number of carbonyl (C=O) groups is 2. The normalized spacial score (nSPS) is 9.38. The Morgan fingerprint density at radius 2 is 2.08 bits per heavy atom. The standard InChI is InChI=1S/C9H13NO3/c1-4-5-10(6-8(11)12)9(13)7(2)3/h1,7H,5-6H2,2-3H3,(H,11,12). The SMILES string of the molecule is C#CCN(CC(=O)O)C(=O)C(C)C. The van der Waals surface area contributed by atoms with Gasteiger partial charge in [0.25, 0.3) is 0 Å². The van der Waals surface area contributed by atoms with E-state index in [0.717, 1.165) is 4.90 Å². The fourth-order valence-corrected chi connectivity index (χ4v) is 0.850. The summed E-state index contributed by atoms with van der Waals surface area (Å²) in [5.74, 6) is 0.734. The van der Waals surface area contributed by atoms with Crippen molar-refractivity contribution in [1.29, 1.82) is 0 Å². The van der Waals surface area contributed by atoms with Crippen LogP contribution in [0, 0.1) is 18.3 Å². The van der Waals surface area contributed by atoms with Crippen molar-refractivity contribution in [1.82, 2.24) is 4.90 Å². The number of nitrogens with zero attached hydrogens (tertiary/aromatic N) is 1. The van der Waals surface area contributed by atoms with E-state index in [-0.39, 0.29) is 24.9 Å². The van der Waals surface area contributed by atoms with Crippen molar-refractivity contribution in [2.75, 3.05) is 13.1 Å². The third kappa shape index (κ3) is 4.16. The van der Waals surface area contributed by atoms with E-state index in [2.05, 4.69) is 5.92 Å². The molecular formula is C9H13NO3. The highest BCUT2D eigenvalue weighted by Gasteiger charge is 2.18. The van der Waals surface area contributed by atoms with Gasteiger partial charge in [0.15, 0.2) is 0 Å². The number of aliphatic carboxylic acids is 1. The summed E-state index contributed by atoms with van der Waals surface area (Å²) in [6, 6.07) is 0. The third-order valence-electron chi connectivity index (χ3n) is 1.41. The first-order valence-electron chi connectivity index (χ1n) is 3.93. The molecule has 0 aromatic heterocycles. The van der Waals surface area contributed by atoms with Gasteiger partial charge in [-0.05, 0) is 0 Å². The molecule has 0 aliphatic rings. The second kappa shape index (κ2) is 5.20. The van der Waals surface area contributed by atoms with E-state index in [1.54, 1.807) is 13.8 Å². The van der Waals surface area contributed by atoms with E-state index < -0.39 is 5.97 Å². The number of carbonyl (C=O) groups excluding carboxylic acids is 1. The molecule has 0 aliphatic carbocycles. The molecular weight excluding hydrogens is 170 g/mol. The molecule has 0 aromatic carbocycles. The maximum absolute atomic E-state index is 11.3. The molecule has 0 spiro atoms. The Morgan fingerprint density at radius 3 is 2.38 bits per heavy atom. The number of carboxylic acids is 1. The molecule has 0 heterocycles. The molecule has 0 unspecified atom stereocenters. The highest BCUT2D eigenvalue weighted by atomic mass is 16.4. The molecule has 0 aliphatic heterocycles. The summed E-state index contributed by atoms with van der Waals surface area (Å²) >= 11 is 0. The van der Waals surface area contributed by atoms with Gasteiger partial charge in [-0.2, -0.15) is 0 Å². The second-order valence-corrected chi connectivity index (χ2v) is 2.95. The monoisotopic (exact) mass is 183 g/mol. The van der Waals surface area contributed by atoms with Crippen molar-refractivity contribution in [3.05, 3.63) is 0 Å². The zero-order valence-electron chi connectivity index (χ0n) is 7.78. The molecule has 0 fully saturated rings. The Balaban J connectivity index is 4.34. The van der Waals surface area contributed by atoms with Crippen LogP contribution in [0.4, 0.5) is 0 Å². The zero-order chi connectivity index (χ0) is 10.4. The van der Waals surface area contributed by atoms with E-state index in [9.17, 15) is 9.59 Å². The van der Waals surface area contributed by atoms with Gasteiger partial charge < -0.3 is 10.0 Å². The Labute approximate surface area is 77.5 Å². The van der Waals surface area contributed by atoms with Crippen LogP contribution < -0.4 is 0 Å². The van der Waals surface area contributed by atoms with Crippen LogP contribution in [0.3, 0.4) is 0 Å². The first kappa shape index (κ1) is 11.5. The number of hydrogen-bond donors (Lipinski definition) is 1. The molecule has 4 heteroatoms. The van der Waals surface area contributed by atoms with Crippen LogP contribution in [0.15, 0.2) is 0 Å². The van der Waals surface area contributed by atoms with Crippen LogP contribution in [0.5, 0.6) is 0 Å². The average Bonchev–Trinajstić information content (AvgIpc) is 2.01. The van der Waals surface area contributed by atoms with Crippen molar-refractivity contribution in [2.24, 2.45) is 5.92 Å². The lowest BCUT2D eigenvalue weighted by atomic mass is 10.2. The largest absolute Gasteiger partial charge is 0.480 e. The summed E-state index contributed by atoms with van der Waals surface area (Å²) in [6.07, 6.45) is 5.01. The van der Waals surface area contributed by atoms with Crippen LogP contribution in [-0.2, 0) is 9.59 Å². The Kier molecular flexibility index (Phi) is 4.60. The van der Waals surface area contributed by atoms with Crippen molar-refractivity contribution < 1.29 is 14.7 Å². The van der Waals surface area contributed by atoms with Gasteiger partial charge in [-0.15, -0.1) is 6.42 Å². The Morgan fingerprint density at radius 1 is 1.54 bits per heavy atom. The lowest BCUT2D eigenvalue weighted by Crippen LogP contribution is -2.38. The van der Waals surface area contributed by atoms with Gasteiger partial charge in [0.2, 0.25) is 5.91 Å². The molecule has 1 N–H and O–H groups in total. The topological polar surface area (TPSA) is 57.6 Å². The molecule has 0 atom stereocenters. The van der Waals surface area contributed by atoms with Crippen LogP contribution in [-0.4, -0.2) is 35.0 Å². The highest BCUT2D eigenvalue weighted by molar-refractivity contribution is 5.82. The van der Waals surface area contributed by atoms with E-state index in [1.807, 2.05) is 0 Å². The Bertz CT molecular complexity index is 240. The average molecular weight is 183 g/mol. The molecule has 0 rings (SSSR count). The Hall–Kier alpha value is -1.50. The van der Waals surface area contributed by atoms with E-state index in [4.69, 9.17) is 11.5 Å². The zero-order valence-corrected chi connectivity index (χ0v) is 7.78. The molecule has 1 amide bonds. The molecule has 0 saturated carbocycles. The fraction of sp³-hybridized carbons (Fsp3) is 0.556. The summed E-state index contributed by atoms with van der Waals surface area (Å²) in [5, 5.41) is 8.48. The number of terminal acetylenes is 1. The number of amides is 1. The van der Waals surface area contributed by atoms with Gasteiger partial charge in [0.1, 0.15) is 6.54 Å². The van der Waals surface area contributed by atoms with Crippen molar-refractivity contribution in [2.45, 2.75) is 13.8 Å². The summed E-state index contributed by atoms with van der Waals surface area (Å²) in [5.41, 5.74) is 0. The highest BCUT2D eigenvalue weighted by Crippen LogP contribution is 2.00. The van der Waals surface area contributed by atoms with Gasteiger partial charge in [0, 0.05) is 5.92 Å². The minimum Gasteiger partial charge on any atom is -0.480 e. The van der Waals surface area contributed by atoms with E-state index >= 15 is 0 Å². The van der Waals surface area contributed by atoms with Crippen molar-refractivity contribution >= 4 is 11.9 Å². The minimum atomic E-state index is -1.05. The van der Waals surface area contributed by atoms with Crippen LogP contribution in [0.25, 0.3) is 0 Å². The van der Waals surface area contributed by atoms with Gasteiger partial charge in [0.05, 0.1) is 6.54 Å². The molecule has 0 radical (unpaired) electrons. The molecule has 72 valence electrons. The summed E-state index contributed by atoms with van der Waals surface area (Å²) in [4.78, 5) is 22.8. The summed E-state index contributed by atoms with van der Waals surface area (Å²) in [6.45, 7) is 3.12. The smallest absolute Gasteiger partial charge is 0.323 e. The van der Waals surface area contributed by atoms with Crippen LogP contribution >= 0.6 is 0 Å². The van der Waals surface area contributed by atoms with Gasteiger partial charge in [-0.1, -0.05) is 19.8 Å². The third-order valence-corrected chi connectivity index (χ3v) is 1.41. The summed E-state index contributed by atoms with van der Waals surface area (Å²) in [7, 11) is 0. The number of carboxylic acid groups (broad SMARTS) is 1. The maximum atomic E-state index is 11.3. The molecule has 4 nitrogen and oxygen atoms in total. The van der Waals surface area contributed by atoms with E-state index in [0.29, 0.717) is 0 Å². The maximum Gasteiger partial charge on any atom is 0.323 e. The fourth-order valence-electron chi connectivity index (χ4n) is 0.850. The van der Waals surface area contributed by atoms with Crippen LogP contribution in [0.1, 0.15) is 13.8 Å². The quantitative estimate of drug-likeness (QED) is 0.633. The minimum absolute atomic E-state index is 0.0450. The predicted molar refractivity (Wildman–Crippen MR) is 47.9 cm³/mol. The first-order valence-corrected chi connectivity index (χ1v) is 3.93. The lowest BCUT2D eigenvalue weighted by Gasteiger charge is -2.19. The van der Waals surface area contributed by atoms with Crippen molar-refractivity contribution in [3.63, 3.8) is 0 Å². The second-order valence-electron chi connectivity index (χ2n) is 2.95. The first-order chi connectivity index (χ1) is 5.99. The van der Waals surface area contributed by atoms with Gasteiger partial charge in [-0.25, -0.2) is 0 Å². The lowest BCUT2D eigenvalue weighted by molar-refractivity contribution is -0.145. The van der Waals surface area contributed by atoms with Crippen molar-refractivity contribution in [3.8, 4) is 12.3 Å². The summed E-state index contributed by atoms with van der Waals surface area (Å²) < 4.78 is 0. The molecule has 0 saturated heterocycles. The van der Waals surface area contributed by atoms with Gasteiger partial charge in [-0.3, -0.25) is 9.59 Å². The molecule has 0 bridgehead atoms. The number of hydrogen-bond acceptors (Lipinski definition) is 2. The predicted octanol–water partition coefficient (Wildman–Crippen LogP) is 0.189. The number of rotatable bonds is 4. The van der Waals surface area contributed by atoms with Crippen LogP contribution in [0.2, 0.25) is 0 Å². The van der Waals surface area contributed by atoms with E-state index in [1.165, 1.54) is 0 Å². The molecule has 0 aromatic rings.